The van der Waals surface area contributed by atoms with Gasteiger partial charge in [-0.2, -0.15) is 4.98 Å². The van der Waals surface area contributed by atoms with Gasteiger partial charge in [-0.15, -0.1) is 24.0 Å². The first-order chi connectivity index (χ1) is 11.4. The highest BCUT2D eigenvalue weighted by molar-refractivity contribution is 14.0. The fourth-order valence-electron chi connectivity index (χ4n) is 2.03. The average molecular weight is 461 g/mol. The Bertz CT molecular complexity index is 696. The van der Waals surface area contributed by atoms with Crippen molar-refractivity contribution >= 4 is 29.9 Å². The normalized spacial score (nSPS) is 11.8. The molecule has 0 radical (unpaired) electrons. The first-order valence-electron chi connectivity index (χ1n) is 7.90. The second kappa shape index (κ2) is 9.69. The van der Waals surface area contributed by atoms with Crippen molar-refractivity contribution in [3.63, 3.8) is 0 Å². The summed E-state index contributed by atoms with van der Waals surface area (Å²) in [4.78, 5) is 8.50. The highest BCUT2D eigenvalue weighted by Gasteiger charge is 2.21. The first kappa shape index (κ1) is 21.3. The van der Waals surface area contributed by atoms with Gasteiger partial charge in [0.15, 0.2) is 11.8 Å². The third kappa shape index (κ3) is 6.97. The Hall–Kier alpha value is -1.71. The molecule has 0 fully saturated rings. The van der Waals surface area contributed by atoms with E-state index in [1.54, 1.807) is 13.1 Å². The smallest absolute Gasteiger partial charge is 0.232 e. The zero-order valence-corrected chi connectivity index (χ0v) is 17.3. The van der Waals surface area contributed by atoms with E-state index in [0.717, 1.165) is 5.56 Å². The maximum atomic E-state index is 13.1. The molecule has 1 aromatic heterocycles. The number of guanidine groups is 1. The van der Waals surface area contributed by atoms with Crippen LogP contribution in [0.3, 0.4) is 0 Å². The lowest BCUT2D eigenvalue weighted by molar-refractivity contribution is 0.318. The number of aliphatic imine (C=N–C) groups is 1. The van der Waals surface area contributed by atoms with Gasteiger partial charge in [-0.1, -0.05) is 38.1 Å². The van der Waals surface area contributed by atoms with Crippen molar-refractivity contribution in [2.45, 2.75) is 39.2 Å². The fraction of sp³-hybridized carbons (Fsp3) is 0.471. The summed E-state index contributed by atoms with van der Waals surface area (Å²) in [5, 5.41) is 10.3. The van der Waals surface area contributed by atoms with Crippen LogP contribution in [0.15, 0.2) is 33.8 Å². The van der Waals surface area contributed by atoms with Gasteiger partial charge in [0.25, 0.3) is 0 Å². The minimum atomic E-state index is -0.221. The maximum absolute atomic E-state index is 13.1. The van der Waals surface area contributed by atoms with Crippen molar-refractivity contribution in [2.75, 3.05) is 13.6 Å². The minimum Gasteiger partial charge on any atom is -0.356 e. The van der Waals surface area contributed by atoms with E-state index in [2.05, 4.69) is 25.8 Å². The van der Waals surface area contributed by atoms with Gasteiger partial charge in [-0.05, 0) is 24.1 Å². The lowest BCUT2D eigenvalue weighted by Gasteiger charge is -2.11. The first-order valence-corrected chi connectivity index (χ1v) is 7.90. The van der Waals surface area contributed by atoms with Gasteiger partial charge >= 0.3 is 0 Å². The van der Waals surface area contributed by atoms with Crippen molar-refractivity contribution in [3.05, 3.63) is 47.4 Å². The molecule has 1 heterocycles. The largest absolute Gasteiger partial charge is 0.356 e. The maximum Gasteiger partial charge on any atom is 0.232 e. The molecule has 0 amide bonds. The summed E-state index contributed by atoms with van der Waals surface area (Å²) in [7, 11) is 1.69. The molecule has 138 valence electrons. The summed E-state index contributed by atoms with van der Waals surface area (Å²) in [6.45, 7) is 7.11. The molecule has 2 rings (SSSR count). The molecule has 8 heteroatoms. The van der Waals surface area contributed by atoms with E-state index in [-0.39, 0.29) is 35.2 Å². The van der Waals surface area contributed by atoms with Crippen LogP contribution >= 0.6 is 24.0 Å². The highest BCUT2D eigenvalue weighted by atomic mass is 127. The van der Waals surface area contributed by atoms with Crippen LogP contribution in [0.2, 0.25) is 0 Å². The molecule has 2 aromatic rings. The summed E-state index contributed by atoms with van der Waals surface area (Å²) in [6, 6.07) is 6.58. The van der Waals surface area contributed by atoms with Gasteiger partial charge in [0.1, 0.15) is 5.82 Å². The lowest BCUT2D eigenvalue weighted by Crippen LogP contribution is -2.38. The van der Waals surface area contributed by atoms with Crippen LogP contribution < -0.4 is 10.6 Å². The highest BCUT2D eigenvalue weighted by Crippen LogP contribution is 2.19. The molecule has 6 nitrogen and oxygen atoms in total. The van der Waals surface area contributed by atoms with Gasteiger partial charge in [-0.25, -0.2) is 4.39 Å². The predicted molar refractivity (Wildman–Crippen MR) is 107 cm³/mol. The van der Waals surface area contributed by atoms with Crippen LogP contribution in [0.4, 0.5) is 4.39 Å². The van der Waals surface area contributed by atoms with Crippen molar-refractivity contribution < 1.29 is 8.91 Å². The van der Waals surface area contributed by atoms with E-state index in [4.69, 9.17) is 4.52 Å². The zero-order valence-electron chi connectivity index (χ0n) is 15.0. The molecule has 0 bridgehead atoms. The van der Waals surface area contributed by atoms with Gasteiger partial charge in [-0.3, -0.25) is 4.99 Å². The van der Waals surface area contributed by atoms with Crippen LogP contribution in [0.5, 0.6) is 0 Å². The van der Waals surface area contributed by atoms with E-state index in [1.165, 1.54) is 12.1 Å². The monoisotopic (exact) mass is 461 g/mol. The summed E-state index contributed by atoms with van der Waals surface area (Å²) in [6.07, 6.45) is 0.703. The molecule has 0 spiro atoms. The molecule has 0 aliphatic heterocycles. The molecular formula is C17H25FIN5O. The lowest BCUT2D eigenvalue weighted by atomic mass is 9.97. The number of hydrogen-bond acceptors (Lipinski definition) is 4. The zero-order chi connectivity index (χ0) is 17.6. The molecule has 2 N–H and O–H groups in total. The summed E-state index contributed by atoms with van der Waals surface area (Å²) < 4.78 is 18.4. The van der Waals surface area contributed by atoms with Crippen molar-refractivity contribution in [1.82, 2.24) is 20.8 Å². The Morgan fingerprint density at radius 3 is 2.64 bits per heavy atom. The quantitative estimate of drug-likeness (QED) is 0.407. The molecule has 0 atom stereocenters. The van der Waals surface area contributed by atoms with Crippen LogP contribution in [0, 0.1) is 5.82 Å². The van der Waals surface area contributed by atoms with Gasteiger partial charge in [0.05, 0.1) is 6.54 Å². The topological polar surface area (TPSA) is 75.3 Å². The van der Waals surface area contributed by atoms with Crippen molar-refractivity contribution in [2.24, 2.45) is 4.99 Å². The number of aromatic nitrogens is 2. The molecule has 0 aliphatic rings. The average Bonchev–Trinajstić information content (AvgIpc) is 3.00. The number of nitrogens with one attached hydrogen (secondary N) is 2. The van der Waals surface area contributed by atoms with Crippen LogP contribution in [-0.4, -0.2) is 29.7 Å². The molecule has 0 saturated carbocycles. The Labute approximate surface area is 164 Å². The Kier molecular flexibility index (Phi) is 8.27. The SMILES string of the molecule is CN=C(NCCc1cccc(F)c1)NCc1noc(C(C)(C)C)n1.I. The number of hydrogen-bond donors (Lipinski definition) is 2. The number of halogens is 2. The Morgan fingerprint density at radius 2 is 2.04 bits per heavy atom. The van der Waals surface area contributed by atoms with E-state index < -0.39 is 0 Å². The number of rotatable bonds is 5. The van der Waals surface area contributed by atoms with Gasteiger partial charge < -0.3 is 15.2 Å². The van der Waals surface area contributed by atoms with Crippen LogP contribution in [-0.2, 0) is 18.4 Å². The van der Waals surface area contributed by atoms with E-state index >= 15 is 0 Å². The van der Waals surface area contributed by atoms with Crippen LogP contribution in [0.1, 0.15) is 38.0 Å². The molecule has 0 aliphatic carbocycles. The van der Waals surface area contributed by atoms with Crippen molar-refractivity contribution in [1.29, 1.82) is 0 Å². The Morgan fingerprint density at radius 1 is 1.28 bits per heavy atom. The van der Waals surface area contributed by atoms with Crippen LogP contribution in [0.25, 0.3) is 0 Å². The third-order valence-corrected chi connectivity index (χ3v) is 3.34. The predicted octanol–water partition coefficient (Wildman–Crippen LogP) is 3.03. The number of nitrogens with zero attached hydrogens (tertiary/aromatic N) is 3. The Balaban J connectivity index is 0.00000312. The summed E-state index contributed by atoms with van der Waals surface area (Å²) in [5.74, 6) is 1.59. The van der Waals surface area contributed by atoms with Gasteiger partial charge in [0, 0.05) is 19.0 Å². The summed E-state index contributed by atoms with van der Waals surface area (Å²) in [5.41, 5.74) is 0.766. The van der Waals surface area contributed by atoms with Gasteiger partial charge in [0.2, 0.25) is 5.89 Å². The van der Waals surface area contributed by atoms with Crippen molar-refractivity contribution in [3.8, 4) is 0 Å². The standard InChI is InChI=1S/C17H24FN5O.HI/c1-17(2,3)15-22-14(23-24-15)11-21-16(19-4)20-9-8-12-6-5-7-13(18)10-12;/h5-7,10H,8-9,11H2,1-4H3,(H2,19,20,21);1H. The molecule has 0 saturated heterocycles. The number of benzene rings is 1. The molecule has 25 heavy (non-hydrogen) atoms. The molecule has 1 aromatic carbocycles. The third-order valence-electron chi connectivity index (χ3n) is 3.34. The van der Waals surface area contributed by atoms with E-state index in [1.807, 2.05) is 26.8 Å². The molecular weight excluding hydrogens is 436 g/mol. The summed E-state index contributed by atoms with van der Waals surface area (Å²) >= 11 is 0. The molecule has 0 unspecified atom stereocenters. The fourth-order valence-corrected chi connectivity index (χ4v) is 2.03. The minimum absolute atomic E-state index is 0. The van der Waals surface area contributed by atoms with E-state index in [0.29, 0.717) is 37.2 Å². The van der Waals surface area contributed by atoms with E-state index in [9.17, 15) is 4.39 Å². The second-order valence-corrected chi connectivity index (χ2v) is 6.50. The second-order valence-electron chi connectivity index (χ2n) is 6.50.